The summed E-state index contributed by atoms with van der Waals surface area (Å²) in [5, 5.41) is 14.5. The van der Waals surface area contributed by atoms with E-state index in [-0.39, 0.29) is 25.4 Å². The van der Waals surface area contributed by atoms with E-state index < -0.39 is 5.97 Å². The van der Waals surface area contributed by atoms with Gasteiger partial charge in [-0.05, 0) is 24.6 Å². The first-order valence-corrected chi connectivity index (χ1v) is 5.86. The minimum Gasteiger partial charge on any atom is -0.481 e. The molecular formula is C12H15ClN2O3. The van der Waals surface area contributed by atoms with Gasteiger partial charge in [0.25, 0.3) is 0 Å². The number of rotatable bonds is 6. The van der Waals surface area contributed by atoms with Crippen LogP contribution < -0.4 is 10.6 Å². The van der Waals surface area contributed by atoms with Crippen molar-refractivity contribution in [1.29, 1.82) is 0 Å². The lowest BCUT2D eigenvalue weighted by Crippen LogP contribution is -2.29. The highest BCUT2D eigenvalue weighted by Crippen LogP contribution is 2.22. The summed E-state index contributed by atoms with van der Waals surface area (Å²) in [6.45, 7) is 2.15. The van der Waals surface area contributed by atoms with Crippen LogP contribution in [0.2, 0.25) is 5.02 Å². The molecule has 0 atom stereocenters. The molecule has 6 heteroatoms. The van der Waals surface area contributed by atoms with E-state index in [1.165, 1.54) is 0 Å². The van der Waals surface area contributed by atoms with Crippen molar-refractivity contribution in [2.24, 2.45) is 0 Å². The molecule has 1 rings (SSSR count). The molecule has 0 aliphatic rings. The van der Waals surface area contributed by atoms with Gasteiger partial charge in [0.1, 0.15) is 0 Å². The molecule has 18 heavy (non-hydrogen) atoms. The number of nitrogens with one attached hydrogen (secondary N) is 2. The van der Waals surface area contributed by atoms with Gasteiger partial charge in [0, 0.05) is 17.3 Å². The van der Waals surface area contributed by atoms with E-state index in [4.69, 9.17) is 16.7 Å². The van der Waals surface area contributed by atoms with Crippen molar-refractivity contribution in [2.45, 2.75) is 13.3 Å². The van der Waals surface area contributed by atoms with Gasteiger partial charge >= 0.3 is 5.97 Å². The van der Waals surface area contributed by atoms with Crippen LogP contribution in [0, 0.1) is 6.92 Å². The number of carbonyl (C=O) groups is 2. The van der Waals surface area contributed by atoms with E-state index in [2.05, 4.69) is 10.6 Å². The highest BCUT2D eigenvalue weighted by Gasteiger charge is 2.06. The van der Waals surface area contributed by atoms with Crippen molar-refractivity contribution >= 4 is 29.2 Å². The minimum atomic E-state index is -0.895. The fraction of sp³-hybridized carbons (Fsp3) is 0.333. The van der Waals surface area contributed by atoms with Crippen LogP contribution in [0.15, 0.2) is 18.2 Å². The number of aliphatic carboxylic acids is 1. The topological polar surface area (TPSA) is 78.4 Å². The minimum absolute atomic E-state index is 0.0104. The number of carboxylic acids is 1. The number of hydrogen-bond donors (Lipinski definition) is 3. The van der Waals surface area contributed by atoms with Crippen molar-refractivity contribution in [3.8, 4) is 0 Å². The number of halogens is 1. The first-order chi connectivity index (χ1) is 8.50. The molecule has 1 amide bonds. The quantitative estimate of drug-likeness (QED) is 0.687. The SMILES string of the molecule is Cc1c(Cl)cccc1NC(=O)CNCCC(=O)O. The van der Waals surface area contributed by atoms with Gasteiger partial charge in [0.15, 0.2) is 0 Å². The third-order valence-electron chi connectivity index (χ3n) is 2.34. The maximum Gasteiger partial charge on any atom is 0.304 e. The Balaban J connectivity index is 2.40. The van der Waals surface area contributed by atoms with E-state index in [0.29, 0.717) is 10.7 Å². The second kappa shape index (κ2) is 6.98. The van der Waals surface area contributed by atoms with Crippen LogP contribution in [0.4, 0.5) is 5.69 Å². The smallest absolute Gasteiger partial charge is 0.304 e. The van der Waals surface area contributed by atoms with Gasteiger partial charge in [0.2, 0.25) is 5.91 Å². The molecule has 0 aliphatic carbocycles. The molecule has 0 aromatic heterocycles. The van der Waals surface area contributed by atoms with Crippen LogP contribution in [-0.4, -0.2) is 30.1 Å². The van der Waals surface area contributed by atoms with Gasteiger partial charge in [-0.3, -0.25) is 9.59 Å². The fourth-order valence-electron chi connectivity index (χ4n) is 1.33. The van der Waals surface area contributed by atoms with Gasteiger partial charge in [0.05, 0.1) is 13.0 Å². The van der Waals surface area contributed by atoms with Crippen molar-refractivity contribution in [3.63, 3.8) is 0 Å². The van der Waals surface area contributed by atoms with Crippen LogP contribution >= 0.6 is 11.6 Å². The van der Waals surface area contributed by atoms with Crippen LogP contribution in [0.5, 0.6) is 0 Å². The summed E-state index contributed by atoms with van der Waals surface area (Å²) >= 11 is 5.93. The third-order valence-corrected chi connectivity index (χ3v) is 2.75. The van der Waals surface area contributed by atoms with Gasteiger partial charge in [-0.2, -0.15) is 0 Å². The second-order valence-corrected chi connectivity index (χ2v) is 4.19. The predicted octanol–water partition coefficient (Wildman–Crippen LogP) is 1.65. The molecular weight excluding hydrogens is 256 g/mol. The molecule has 0 heterocycles. The van der Waals surface area contributed by atoms with Crippen molar-refractivity contribution in [1.82, 2.24) is 5.32 Å². The Kier molecular flexibility index (Phi) is 5.61. The highest BCUT2D eigenvalue weighted by atomic mass is 35.5. The zero-order valence-corrected chi connectivity index (χ0v) is 10.8. The molecule has 0 unspecified atom stereocenters. The molecule has 0 bridgehead atoms. The van der Waals surface area contributed by atoms with Crippen molar-refractivity contribution in [3.05, 3.63) is 28.8 Å². The number of carbonyl (C=O) groups excluding carboxylic acids is 1. The molecule has 1 aromatic carbocycles. The number of hydrogen-bond acceptors (Lipinski definition) is 3. The highest BCUT2D eigenvalue weighted by molar-refractivity contribution is 6.31. The first kappa shape index (κ1) is 14.5. The first-order valence-electron chi connectivity index (χ1n) is 5.48. The Morgan fingerprint density at radius 2 is 2.11 bits per heavy atom. The zero-order valence-electron chi connectivity index (χ0n) is 10.00. The molecule has 0 radical (unpaired) electrons. The lowest BCUT2D eigenvalue weighted by atomic mass is 10.2. The Labute approximate surface area is 110 Å². The second-order valence-electron chi connectivity index (χ2n) is 3.78. The summed E-state index contributed by atoms with van der Waals surface area (Å²) < 4.78 is 0. The predicted molar refractivity (Wildman–Crippen MR) is 69.9 cm³/mol. The molecule has 5 nitrogen and oxygen atoms in total. The normalized spacial score (nSPS) is 10.1. The largest absolute Gasteiger partial charge is 0.481 e. The summed E-state index contributed by atoms with van der Waals surface area (Å²) in [7, 11) is 0. The maximum atomic E-state index is 11.6. The van der Waals surface area contributed by atoms with Crippen LogP contribution in [0.3, 0.4) is 0 Å². The number of carboxylic acid groups (broad SMARTS) is 1. The Bertz CT molecular complexity index is 449. The van der Waals surface area contributed by atoms with E-state index in [1.807, 2.05) is 6.92 Å². The van der Waals surface area contributed by atoms with Crippen LogP contribution in [-0.2, 0) is 9.59 Å². The monoisotopic (exact) mass is 270 g/mol. The molecule has 0 fully saturated rings. The summed E-state index contributed by atoms with van der Waals surface area (Å²) in [6, 6.07) is 5.26. The maximum absolute atomic E-state index is 11.6. The lowest BCUT2D eigenvalue weighted by molar-refractivity contribution is -0.137. The summed E-state index contributed by atoms with van der Waals surface area (Å²) in [4.78, 5) is 21.8. The molecule has 3 N–H and O–H groups in total. The van der Waals surface area contributed by atoms with E-state index in [0.717, 1.165) is 5.56 Å². The van der Waals surface area contributed by atoms with Crippen LogP contribution in [0.1, 0.15) is 12.0 Å². The molecule has 98 valence electrons. The average molecular weight is 271 g/mol. The Morgan fingerprint density at radius 1 is 1.39 bits per heavy atom. The molecule has 0 spiro atoms. The van der Waals surface area contributed by atoms with Gasteiger partial charge in [-0.25, -0.2) is 0 Å². The summed E-state index contributed by atoms with van der Waals surface area (Å²) in [5.74, 6) is -1.13. The van der Waals surface area contributed by atoms with E-state index in [9.17, 15) is 9.59 Å². The summed E-state index contributed by atoms with van der Waals surface area (Å²) in [6.07, 6.45) is -0.0104. The lowest BCUT2D eigenvalue weighted by Gasteiger charge is -2.09. The molecule has 1 aromatic rings. The average Bonchev–Trinajstić information content (AvgIpc) is 2.30. The standard InChI is InChI=1S/C12H15ClN2O3/c1-8-9(13)3-2-4-10(8)15-11(16)7-14-6-5-12(17)18/h2-4,14H,5-7H2,1H3,(H,15,16)(H,17,18). The Morgan fingerprint density at radius 3 is 2.78 bits per heavy atom. The van der Waals surface area contributed by atoms with Crippen molar-refractivity contribution in [2.75, 3.05) is 18.4 Å². The van der Waals surface area contributed by atoms with Crippen molar-refractivity contribution < 1.29 is 14.7 Å². The number of benzene rings is 1. The number of anilines is 1. The fourth-order valence-corrected chi connectivity index (χ4v) is 1.51. The van der Waals surface area contributed by atoms with Gasteiger partial charge in [-0.15, -0.1) is 0 Å². The van der Waals surface area contributed by atoms with Gasteiger partial charge in [-0.1, -0.05) is 17.7 Å². The third kappa shape index (κ3) is 4.73. The van der Waals surface area contributed by atoms with Crippen LogP contribution in [0.25, 0.3) is 0 Å². The van der Waals surface area contributed by atoms with Gasteiger partial charge < -0.3 is 15.7 Å². The molecule has 0 saturated carbocycles. The number of amides is 1. The molecule has 0 saturated heterocycles. The van der Waals surface area contributed by atoms with E-state index in [1.54, 1.807) is 18.2 Å². The molecule has 0 aliphatic heterocycles. The summed E-state index contributed by atoms with van der Waals surface area (Å²) in [5.41, 5.74) is 1.46. The van der Waals surface area contributed by atoms with E-state index >= 15 is 0 Å². The zero-order chi connectivity index (χ0) is 13.5. The Hall–Kier alpha value is -1.59.